The maximum atomic E-state index is 9.16. The van der Waals surface area contributed by atoms with Gasteiger partial charge in [0.25, 0.3) is 0 Å². The van der Waals surface area contributed by atoms with Gasteiger partial charge in [0.15, 0.2) is 0 Å². The Morgan fingerprint density at radius 1 is 1.35 bits per heavy atom. The van der Waals surface area contributed by atoms with E-state index in [2.05, 4.69) is 17.2 Å². The average Bonchev–Trinajstić information content (AvgIpc) is 2.39. The third kappa shape index (κ3) is 3.70. The molecule has 0 aromatic carbocycles. The normalized spacial score (nSPS) is 19.1. The molecule has 17 heavy (non-hydrogen) atoms. The Labute approximate surface area is 103 Å². The number of rotatable bonds is 4. The highest BCUT2D eigenvalue weighted by atomic mass is 16.3. The van der Waals surface area contributed by atoms with Crippen LogP contribution in [0.15, 0.2) is 18.3 Å². The molecular weight excluding hydrogens is 212 g/mol. The molecule has 0 amide bonds. The molecule has 0 bridgehead atoms. The van der Waals surface area contributed by atoms with Gasteiger partial charge in [0, 0.05) is 12.6 Å². The predicted molar refractivity (Wildman–Crippen MR) is 68.8 cm³/mol. The third-order valence-electron chi connectivity index (χ3n) is 3.77. The van der Waals surface area contributed by atoms with Gasteiger partial charge >= 0.3 is 0 Å². The summed E-state index contributed by atoms with van der Waals surface area (Å²) in [4.78, 5) is 4.18. The molecule has 1 aliphatic carbocycles. The van der Waals surface area contributed by atoms with Crippen LogP contribution < -0.4 is 5.32 Å². The van der Waals surface area contributed by atoms with E-state index in [1.165, 1.54) is 38.3 Å². The van der Waals surface area contributed by atoms with E-state index in [0.717, 1.165) is 18.2 Å². The number of nitrogens with one attached hydrogen (secondary N) is 1. The van der Waals surface area contributed by atoms with Crippen LogP contribution in [-0.4, -0.2) is 16.1 Å². The lowest BCUT2D eigenvalue weighted by Gasteiger charge is -2.28. The first-order chi connectivity index (χ1) is 8.25. The van der Waals surface area contributed by atoms with Crippen LogP contribution >= 0.6 is 0 Å². The van der Waals surface area contributed by atoms with E-state index in [1.807, 2.05) is 6.07 Å². The van der Waals surface area contributed by atoms with E-state index in [0.29, 0.717) is 6.04 Å². The highest BCUT2D eigenvalue weighted by Gasteiger charge is 2.19. The van der Waals surface area contributed by atoms with Crippen molar-refractivity contribution < 1.29 is 5.11 Å². The van der Waals surface area contributed by atoms with Crippen molar-refractivity contribution in [3.8, 4) is 5.75 Å². The molecule has 94 valence electrons. The SMILES string of the molecule is C[C@@H](NCc1ccc(O)cn1)C1CCCCC1. The van der Waals surface area contributed by atoms with Gasteiger partial charge in [-0.3, -0.25) is 4.98 Å². The Hall–Kier alpha value is -1.09. The minimum atomic E-state index is 0.231. The highest BCUT2D eigenvalue weighted by Crippen LogP contribution is 2.26. The second-order valence-corrected chi connectivity index (χ2v) is 5.08. The van der Waals surface area contributed by atoms with Crippen LogP contribution in [0.4, 0.5) is 0 Å². The molecule has 1 aromatic rings. The molecule has 0 unspecified atom stereocenters. The maximum Gasteiger partial charge on any atom is 0.133 e. The standard InChI is InChI=1S/C14H22N2O/c1-11(12-5-3-2-4-6-12)15-9-13-7-8-14(17)10-16-13/h7-8,10-12,15,17H,2-6,9H2,1H3/t11-/m1/s1. The summed E-state index contributed by atoms with van der Waals surface area (Å²) in [5.41, 5.74) is 0.991. The summed E-state index contributed by atoms with van der Waals surface area (Å²) in [5.74, 6) is 1.05. The van der Waals surface area contributed by atoms with Gasteiger partial charge in [-0.1, -0.05) is 19.3 Å². The fourth-order valence-corrected chi connectivity index (χ4v) is 2.59. The Morgan fingerprint density at radius 3 is 2.76 bits per heavy atom. The van der Waals surface area contributed by atoms with Crippen molar-refractivity contribution in [1.29, 1.82) is 0 Å². The Bertz CT molecular complexity index is 331. The minimum absolute atomic E-state index is 0.231. The molecule has 0 radical (unpaired) electrons. The molecule has 3 nitrogen and oxygen atoms in total. The molecule has 1 heterocycles. The molecule has 3 heteroatoms. The lowest BCUT2D eigenvalue weighted by molar-refractivity contribution is 0.280. The van der Waals surface area contributed by atoms with Crippen molar-refractivity contribution in [2.45, 2.75) is 51.6 Å². The number of nitrogens with zero attached hydrogens (tertiary/aromatic N) is 1. The van der Waals surface area contributed by atoms with E-state index >= 15 is 0 Å². The summed E-state index contributed by atoms with van der Waals surface area (Å²) in [6, 6.07) is 4.12. The summed E-state index contributed by atoms with van der Waals surface area (Å²) in [6.45, 7) is 3.06. The van der Waals surface area contributed by atoms with Crippen LogP contribution in [0, 0.1) is 5.92 Å². The Kier molecular flexibility index (Phi) is 4.37. The smallest absolute Gasteiger partial charge is 0.133 e. The van der Waals surface area contributed by atoms with Crippen molar-refractivity contribution in [3.63, 3.8) is 0 Å². The molecule has 0 saturated heterocycles. The van der Waals surface area contributed by atoms with E-state index in [1.54, 1.807) is 6.07 Å². The first kappa shape index (κ1) is 12.4. The van der Waals surface area contributed by atoms with Gasteiger partial charge < -0.3 is 10.4 Å². The number of hydrogen-bond acceptors (Lipinski definition) is 3. The van der Waals surface area contributed by atoms with E-state index in [4.69, 9.17) is 5.11 Å². The molecule has 1 aromatic heterocycles. The number of aromatic hydroxyl groups is 1. The molecule has 2 N–H and O–H groups in total. The monoisotopic (exact) mass is 234 g/mol. The quantitative estimate of drug-likeness (QED) is 0.842. The summed E-state index contributed by atoms with van der Waals surface area (Å²) in [6.07, 6.45) is 8.39. The summed E-state index contributed by atoms with van der Waals surface area (Å²) >= 11 is 0. The van der Waals surface area contributed by atoms with E-state index in [9.17, 15) is 0 Å². The molecule has 1 saturated carbocycles. The maximum absolute atomic E-state index is 9.16. The molecule has 1 fully saturated rings. The van der Waals surface area contributed by atoms with Gasteiger partial charge in [-0.15, -0.1) is 0 Å². The molecule has 1 atom stereocenters. The summed E-state index contributed by atoms with van der Waals surface area (Å²) in [5, 5.41) is 12.7. The topological polar surface area (TPSA) is 45.1 Å². The van der Waals surface area contributed by atoms with Crippen molar-refractivity contribution in [2.24, 2.45) is 5.92 Å². The van der Waals surface area contributed by atoms with Gasteiger partial charge in [-0.25, -0.2) is 0 Å². The average molecular weight is 234 g/mol. The fourth-order valence-electron chi connectivity index (χ4n) is 2.59. The van der Waals surface area contributed by atoms with Crippen LogP contribution in [0.1, 0.15) is 44.7 Å². The molecular formula is C14H22N2O. The van der Waals surface area contributed by atoms with Crippen molar-refractivity contribution in [3.05, 3.63) is 24.0 Å². The van der Waals surface area contributed by atoms with Gasteiger partial charge in [0.05, 0.1) is 11.9 Å². The zero-order valence-corrected chi connectivity index (χ0v) is 10.5. The molecule has 2 rings (SSSR count). The summed E-state index contributed by atoms with van der Waals surface area (Å²) < 4.78 is 0. The fraction of sp³-hybridized carbons (Fsp3) is 0.643. The lowest BCUT2D eigenvalue weighted by Crippen LogP contribution is -2.34. The van der Waals surface area contributed by atoms with Crippen LogP contribution in [0.5, 0.6) is 5.75 Å². The van der Waals surface area contributed by atoms with Crippen LogP contribution in [-0.2, 0) is 6.54 Å². The number of hydrogen-bond donors (Lipinski definition) is 2. The Morgan fingerprint density at radius 2 is 2.12 bits per heavy atom. The third-order valence-corrected chi connectivity index (χ3v) is 3.77. The molecule has 1 aliphatic rings. The van der Waals surface area contributed by atoms with Crippen molar-refractivity contribution in [2.75, 3.05) is 0 Å². The van der Waals surface area contributed by atoms with Crippen LogP contribution in [0.25, 0.3) is 0 Å². The second kappa shape index (κ2) is 6.01. The van der Waals surface area contributed by atoms with Crippen molar-refractivity contribution in [1.82, 2.24) is 10.3 Å². The van der Waals surface area contributed by atoms with Gasteiger partial charge in [0.1, 0.15) is 5.75 Å². The highest BCUT2D eigenvalue weighted by molar-refractivity contribution is 5.17. The first-order valence-corrected chi connectivity index (χ1v) is 6.63. The molecule has 0 aliphatic heterocycles. The zero-order valence-electron chi connectivity index (χ0n) is 10.5. The van der Waals surface area contributed by atoms with Gasteiger partial charge in [-0.2, -0.15) is 0 Å². The van der Waals surface area contributed by atoms with Crippen LogP contribution in [0.3, 0.4) is 0 Å². The van der Waals surface area contributed by atoms with E-state index < -0.39 is 0 Å². The largest absolute Gasteiger partial charge is 0.506 e. The van der Waals surface area contributed by atoms with Gasteiger partial charge in [-0.05, 0) is 37.8 Å². The molecule has 0 spiro atoms. The summed E-state index contributed by atoms with van der Waals surface area (Å²) in [7, 11) is 0. The lowest BCUT2D eigenvalue weighted by atomic mass is 9.84. The zero-order chi connectivity index (χ0) is 12.1. The van der Waals surface area contributed by atoms with Crippen LogP contribution in [0.2, 0.25) is 0 Å². The second-order valence-electron chi connectivity index (χ2n) is 5.08. The van der Waals surface area contributed by atoms with E-state index in [-0.39, 0.29) is 5.75 Å². The number of pyridine rings is 1. The van der Waals surface area contributed by atoms with Crippen molar-refractivity contribution >= 4 is 0 Å². The Balaban J connectivity index is 1.78. The minimum Gasteiger partial charge on any atom is -0.506 e. The number of aromatic nitrogens is 1. The first-order valence-electron chi connectivity index (χ1n) is 6.63. The predicted octanol–water partition coefficient (Wildman–Crippen LogP) is 2.85. The van der Waals surface area contributed by atoms with Gasteiger partial charge in [0.2, 0.25) is 0 Å².